The van der Waals surface area contributed by atoms with Gasteiger partial charge in [0.15, 0.2) is 29.2 Å². The first-order valence-corrected chi connectivity index (χ1v) is 10.3. The fourth-order valence-electron chi connectivity index (χ4n) is 3.84. The average molecular weight is 447 g/mol. The molecule has 1 N–H and O–H groups in total. The number of ether oxygens (including phenoxy) is 4. The van der Waals surface area contributed by atoms with Crippen LogP contribution in [0.4, 0.5) is 5.69 Å². The molecule has 0 aromatic heterocycles. The second-order valence-corrected chi connectivity index (χ2v) is 7.15. The molecular weight excluding hydrogens is 422 g/mol. The van der Waals surface area contributed by atoms with E-state index in [1.807, 2.05) is 42.5 Å². The van der Waals surface area contributed by atoms with Crippen molar-refractivity contribution in [1.82, 2.24) is 5.01 Å². The molecule has 8 nitrogen and oxygen atoms in total. The molecule has 0 spiro atoms. The van der Waals surface area contributed by atoms with Crippen LogP contribution in [0.15, 0.2) is 65.8 Å². The molecule has 0 unspecified atom stereocenters. The summed E-state index contributed by atoms with van der Waals surface area (Å²) < 4.78 is 22.0. The van der Waals surface area contributed by atoms with Gasteiger partial charge in [-0.1, -0.05) is 30.3 Å². The minimum atomic E-state index is -0.634. The Morgan fingerprint density at radius 1 is 0.818 bits per heavy atom. The number of anilines is 1. The number of fused-ring (bicyclic) bond motifs is 1. The van der Waals surface area contributed by atoms with Gasteiger partial charge in [-0.05, 0) is 30.3 Å². The number of nitrogens with zero attached hydrogens (tertiary/aromatic N) is 2. The van der Waals surface area contributed by atoms with Gasteiger partial charge >= 0.3 is 0 Å². The van der Waals surface area contributed by atoms with Crippen LogP contribution in [0.5, 0.6) is 23.0 Å². The van der Waals surface area contributed by atoms with Gasteiger partial charge in [0, 0.05) is 16.8 Å². The van der Waals surface area contributed by atoms with E-state index in [1.54, 1.807) is 52.9 Å². The maximum Gasteiger partial charge on any atom is 0.278 e. The molecule has 0 fully saturated rings. The molecule has 170 valence electrons. The number of methoxy groups -OCH3 is 4. The zero-order valence-electron chi connectivity index (χ0n) is 18.9. The molecule has 0 bridgehead atoms. The minimum absolute atomic E-state index is 0.252. The van der Waals surface area contributed by atoms with E-state index in [0.29, 0.717) is 45.4 Å². The van der Waals surface area contributed by atoms with E-state index in [4.69, 9.17) is 18.9 Å². The van der Waals surface area contributed by atoms with E-state index in [-0.39, 0.29) is 5.91 Å². The van der Waals surface area contributed by atoms with Gasteiger partial charge in [-0.3, -0.25) is 4.79 Å². The Hall–Kier alpha value is -4.20. The van der Waals surface area contributed by atoms with Crippen molar-refractivity contribution in [2.45, 2.75) is 6.17 Å². The van der Waals surface area contributed by atoms with Crippen molar-refractivity contribution in [3.63, 3.8) is 0 Å². The van der Waals surface area contributed by atoms with Crippen molar-refractivity contribution < 1.29 is 23.7 Å². The molecule has 1 heterocycles. The molecule has 0 aliphatic carbocycles. The number of carbonyl (C=O) groups is 1. The first-order valence-electron chi connectivity index (χ1n) is 10.3. The number of hydrazone groups is 1. The minimum Gasteiger partial charge on any atom is -0.493 e. The number of nitrogens with one attached hydrogen (secondary N) is 1. The van der Waals surface area contributed by atoms with Gasteiger partial charge in [0.2, 0.25) is 0 Å². The number of amides is 1. The molecule has 0 saturated carbocycles. The fraction of sp³-hybridized carbons (Fsp3) is 0.200. The number of benzene rings is 3. The van der Waals surface area contributed by atoms with Gasteiger partial charge < -0.3 is 24.3 Å². The second kappa shape index (κ2) is 9.52. The molecule has 1 atom stereocenters. The normalized spacial score (nSPS) is 15.1. The van der Waals surface area contributed by atoms with Gasteiger partial charge in [-0.15, -0.1) is 0 Å². The highest BCUT2D eigenvalue weighted by atomic mass is 16.5. The van der Waals surface area contributed by atoms with E-state index in [9.17, 15) is 4.79 Å². The third kappa shape index (κ3) is 4.03. The largest absolute Gasteiger partial charge is 0.493 e. The predicted octanol–water partition coefficient (Wildman–Crippen LogP) is 4.32. The predicted molar refractivity (Wildman–Crippen MR) is 126 cm³/mol. The Morgan fingerprint density at radius 2 is 1.48 bits per heavy atom. The Bertz CT molecular complexity index is 1190. The van der Waals surface area contributed by atoms with Crippen LogP contribution in [-0.4, -0.2) is 45.6 Å². The topological polar surface area (TPSA) is 81.6 Å². The molecule has 3 aromatic rings. The zero-order chi connectivity index (χ0) is 23.4. The Kier molecular flexibility index (Phi) is 6.35. The molecule has 1 aliphatic rings. The molecule has 0 saturated heterocycles. The van der Waals surface area contributed by atoms with E-state index >= 15 is 0 Å². The standard InChI is InChI=1S/C25H25N3O5/c1-30-20-13-7-9-16(22(20)32-3)15-26-28-24(18-11-8-14-21(31-2)23(18)33-4)27-19-12-6-5-10-17(19)25(28)29/h5-15,24,27H,1-4H3/b26-15-/t24-/m0/s1. The van der Waals surface area contributed by atoms with Crippen LogP contribution in [-0.2, 0) is 0 Å². The SMILES string of the molecule is COc1cccc(/C=N\N2C(=O)c3ccccc3N[C@@H]2c2cccc(OC)c2OC)c1OC. The Morgan fingerprint density at radius 3 is 2.18 bits per heavy atom. The molecule has 33 heavy (non-hydrogen) atoms. The molecular formula is C25H25N3O5. The van der Waals surface area contributed by atoms with Crippen LogP contribution in [0.3, 0.4) is 0 Å². The third-order valence-electron chi connectivity index (χ3n) is 5.38. The summed E-state index contributed by atoms with van der Waals surface area (Å²) in [5, 5.41) is 9.36. The Balaban J connectivity index is 1.83. The summed E-state index contributed by atoms with van der Waals surface area (Å²) in [7, 11) is 6.26. The summed E-state index contributed by atoms with van der Waals surface area (Å²) >= 11 is 0. The smallest absolute Gasteiger partial charge is 0.278 e. The lowest BCUT2D eigenvalue weighted by Gasteiger charge is -2.35. The molecule has 8 heteroatoms. The maximum atomic E-state index is 13.5. The van der Waals surface area contributed by atoms with Crippen molar-refractivity contribution in [2.75, 3.05) is 33.8 Å². The lowest BCUT2D eigenvalue weighted by atomic mass is 10.0. The highest BCUT2D eigenvalue weighted by molar-refractivity contribution is 6.02. The summed E-state index contributed by atoms with van der Waals surface area (Å²) in [4.78, 5) is 13.5. The van der Waals surface area contributed by atoms with Crippen molar-refractivity contribution in [2.24, 2.45) is 5.10 Å². The summed E-state index contributed by atoms with van der Waals surface area (Å²) in [5.74, 6) is 1.92. The maximum absolute atomic E-state index is 13.5. The van der Waals surface area contributed by atoms with Crippen molar-refractivity contribution in [1.29, 1.82) is 0 Å². The van der Waals surface area contributed by atoms with Gasteiger partial charge in [-0.25, -0.2) is 5.01 Å². The molecule has 1 amide bonds. The van der Waals surface area contributed by atoms with Gasteiger partial charge in [-0.2, -0.15) is 5.10 Å². The lowest BCUT2D eigenvalue weighted by Crippen LogP contribution is -2.39. The second-order valence-electron chi connectivity index (χ2n) is 7.15. The van der Waals surface area contributed by atoms with E-state index < -0.39 is 6.17 Å². The van der Waals surface area contributed by atoms with E-state index in [0.717, 1.165) is 0 Å². The van der Waals surface area contributed by atoms with Crippen molar-refractivity contribution >= 4 is 17.8 Å². The number of hydrogen-bond donors (Lipinski definition) is 1. The van der Waals surface area contributed by atoms with E-state index in [1.165, 1.54) is 5.01 Å². The highest BCUT2D eigenvalue weighted by Gasteiger charge is 2.35. The number of para-hydroxylation sites is 3. The molecule has 3 aromatic carbocycles. The van der Waals surface area contributed by atoms with Crippen LogP contribution in [0.25, 0.3) is 0 Å². The molecule has 1 aliphatic heterocycles. The van der Waals surface area contributed by atoms with Gasteiger partial charge in [0.05, 0.1) is 40.2 Å². The third-order valence-corrected chi connectivity index (χ3v) is 5.38. The van der Waals surface area contributed by atoms with Gasteiger partial charge in [0.1, 0.15) is 0 Å². The van der Waals surface area contributed by atoms with E-state index in [2.05, 4.69) is 10.4 Å². The number of rotatable bonds is 7. The Labute approximate surface area is 192 Å². The monoisotopic (exact) mass is 447 g/mol. The molecule has 0 radical (unpaired) electrons. The average Bonchev–Trinajstić information content (AvgIpc) is 2.87. The quantitative estimate of drug-likeness (QED) is 0.543. The summed E-state index contributed by atoms with van der Waals surface area (Å²) in [5.41, 5.74) is 2.60. The van der Waals surface area contributed by atoms with Crippen LogP contribution in [0, 0.1) is 0 Å². The first kappa shape index (κ1) is 22.0. The number of carbonyl (C=O) groups excluding carboxylic acids is 1. The van der Waals surface area contributed by atoms with Crippen LogP contribution in [0.1, 0.15) is 27.7 Å². The summed E-state index contributed by atoms with van der Waals surface area (Å²) in [6.45, 7) is 0. The van der Waals surface area contributed by atoms with Crippen molar-refractivity contribution in [3.05, 3.63) is 77.4 Å². The van der Waals surface area contributed by atoms with Crippen LogP contribution >= 0.6 is 0 Å². The lowest BCUT2D eigenvalue weighted by molar-refractivity contribution is 0.0689. The highest BCUT2D eigenvalue weighted by Crippen LogP contribution is 2.41. The zero-order valence-corrected chi connectivity index (χ0v) is 18.9. The van der Waals surface area contributed by atoms with Gasteiger partial charge in [0.25, 0.3) is 5.91 Å². The molecule has 4 rings (SSSR count). The van der Waals surface area contributed by atoms with Crippen molar-refractivity contribution in [3.8, 4) is 23.0 Å². The summed E-state index contributed by atoms with van der Waals surface area (Å²) in [6.07, 6.45) is 0.944. The number of hydrogen-bond acceptors (Lipinski definition) is 7. The fourth-order valence-corrected chi connectivity index (χ4v) is 3.84. The first-order chi connectivity index (χ1) is 16.1. The van der Waals surface area contributed by atoms with Crippen LogP contribution < -0.4 is 24.3 Å². The van der Waals surface area contributed by atoms with Crippen LogP contribution in [0.2, 0.25) is 0 Å². The summed E-state index contributed by atoms with van der Waals surface area (Å²) in [6, 6.07) is 18.3.